The van der Waals surface area contributed by atoms with Crippen molar-refractivity contribution in [2.24, 2.45) is 0 Å². The fourth-order valence-corrected chi connectivity index (χ4v) is 3.61. The van der Waals surface area contributed by atoms with Crippen LogP contribution in [0.1, 0.15) is 17.7 Å². The number of alkyl halides is 5. The van der Waals surface area contributed by atoms with Gasteiger partial charge in [-0.05, 0) is 36.4 Å². The third kappa shape index (κ3) is 4.18. The Morgan fingerprint density at radius 1 is 1.00 bits per heavy atom. The highest BCUT2D eigenvalue weighted by Crippen LogP contribution is 2.34. The van der Waals surface area contributed by atoms with Gasteiger partial charge in [0.25, 0.3) is 6.43 Å². The van der Waals surface area contributed by atoms with E-state index < -0.39 is 55.8 Å². The van der Waals surface area contributed by atoms with Crippen molar-refractivity contribution in [3.63, 3.8) is 0 Å². The Morgan fingerprint density at radius 2 is 1.60 bits per heavy atom. The van der Waals surface area contributed by atoms with E-state index in [0.717, 1.165) is 24.3 Å². The van der Waals surface area contributed by atoms with Crippen LogP contribution in [0.5, 0.6) is 0 Å². The number of benzene rings is 2. The molecule has 0 saturated carbocycles. The van der Waals surface area contributed by atoms with Crippen LogP contribution in [-0.4, -0.2) is 24.5 Å². The second-order valence-electron chi connectivity index (χ2n) is 6.26. The second-order valence-corrected chi connectivity index (χ2v) is 8.21. The first-order valence-electron chi connectivity index (χ1n) is 8.04. The van der Waals surface area contributed by atoms with Gasteiger partial charge in [0.15, 0.2) is 9.84 Å². The number of sulfone groups is 1. The topological polar surface area (TPSA) is 52.0 Å². The molecule has 0 radical (unpaired) electrons. The minimum atomic E-state index is -4.73. The van der Waals surface area contributed by atoms with E-state index in [2.05, 4.69) is 5.10 Å². The summed E-state index contributed by atoms with van der Waals surface area (Å²) in [6.07, 6.45) is -7.28. The fourth-order valence-electron chi connectivity index (χ4n) is 2.78. The molecular weight excluding hydrogens is 441 g/mol. The van der Waals surface area contributed by atoms with E-state index in [-0.39, 0.29) is 11.4 Å². The molecule has 0 aliphatic carbocycles. The summed E-state index contributed by atoms with van der Waals surface area (Å²) >= 11 is 0. The lowest BCUT2D eigenvalue weighted by molar-refractivity contribution is -0.137. The number of rotatable bonds is 4. The van der Waals surface area contributed by atoms with Gasteiger partial charge in [0.1, 0.15) is 22.2 Å². The maximum Gasteiger partial charge on any atom is 0.416 e. The Labute approximate surface area is 165 Å². The summed E-state index contributed by atoms with van der Waals surface area (Å²) < 4.78 is 118. The van der Waals surface area contributed by atoms with Crippen LogP contribution in [0, 0.1) is 11.6 Å². The van der Waals surface area contributed by atoms with Crippen molar-refractivity contribution in [3.8, 4) is 16.9 Å². The average molecular weight is 452 g/mol. The maximum absolute atomic E-state index is 14.3. The van der Waals surface area contributed by atoms with Crippen LogP contribution in [0.15, 0.2) is 47.4 Å². The van der Waals surface area contributed by atoms with Crippen LogP contribution >= 0.6 is 0 Å². The van der Waals surface area contributed by atoms with Crippen molar-refractivity contribution in [1.82, 2.24) is 9.78 Å². The van der Waals surface area contributed by atoms with E-state index in [9.17, 15) is 39.2 Å². The molecule has 12 heteroatoms. The summed E-state index contributed by atoms with van der Waals surface area (Å²) in [5, 5.41) is 3.55. The third-order valence-electron chi connectivity index (χ3n) is 4.03. The van der Waals surface area contributed by atoms with Gasteiger partial charge in [0.05, 0.1) is 16.9 Å². The third-order valence-corrected chi connectivity index (χ3v) is 5.17. The number of hydrogen-bond donors (Lipinski definition) is 0. The van der Waals surface area contributed by atoms with Crippen LogP contribution in [-0.2, 0) is 16.0 Å². The molecule has 0 aliphatic rings. The summed E-state index contributed by atoms with van der Waals surface area (Å²) in [5.41, 5.74) is -2.99. The highest BCUT2D eigenvalue weighted by Gasteiger charge is 2.31. The smallest absolute Gasteiger partial charge is 0.233 e. The molecule has 1 heterocycles. The minimum absolute atomic E-state index is 0.292. The van der Waals surface area contributed by atoms with E-state index in [1.54, 1.807) is 0 Å². The van der Waals surface area contributed by atoms with Gasteiger partial charge in [0.2, 0.25) is 0 Å². The van der Waals surface area contributed by atoms with Crippen LogP contribution in [0.4, 0.5) is 30.7 Å². The molecule has 0 N–H and O–H groups in total. The van der Waals surface area contributed by atoms with Crippen LogP contribution in [0.2, 0.25) is 0 Å². The standard InChI is InChI=1S/C18H11F7N2O2S/c1-30(28,29)16-12(19)5-9(6-13(16)20)15-8-14(17(21)22)26-27(15)11-4-2-3-10(7-11)18(23,24)25/h2-8,17H,1H3. The van der Waals surface area contributed by atoms with Gasteiger partial charge < -0.3 is 0 Å². The van der Waals surface area contributed by atoms with E-state index in [0.29, 0.717) is 29.1 Å². The molecule has 160 valence electrons. The number of aromatic nitrogens is 2. The molecule has 0 unspecified atom stereocenters. The van der Waals surface area contributed by atoms with Crippen LogP contribution in [0.3, 0.4) is 0 Å². The van der Waals surface area contributed by atoms with Gasteiger partial charge in [-0.15, -0.1) is 0 Å². The van der Waals surface area contributed by atoms with Crippen LogP contribution in [0.25, 0.3) is 16.9 Å². The van der Waals surface area contributed by atoms with E-state index >= 15 is 0 Å². The molecule has 0 spiro atoms. The van der Waals surface area contributed by atoms with Gasteiger partial charge in [-0.1, -0.05) is 6.07 Å². The van der Waals surface area contributed by atoms with Gasteiger partial charge >= 0.3 is 6.18 Å². The normalized spacial score (nSPS) is 12.6. The largest absolute Gasteiger partial charge is 0.416 e. The quantitative estimate of drug-likeness (QED) is 0.513. The highest BCUT2D eigenvalue weighted by molar-refractivity contribution is 7.90. The van der Waals surface area contributed by atoms with Gasteiger partial charge in [0, 0.05) is 11.8 Å². The zero-order chi connectivity index (χ0) is 22.4. The molecule has 1 aromatic heterocycles. The lowest BCUT2D eigenvalue weighted by Crippen LogP contribution is -2.08. The van der Waals surface area contributed by atoms with Crippen molar-refractivity contribution in [3.05, 3.63) is 65.4 Å². The van der Waals surface area contributed by atoms with Crippen molar-refractivity contribution in [2.75, 3.05) is 6.26 Å². The molecule has 0 aliphatic heterocycles. The first-order valence-corrected chi connectivity index (χ1v) is 9.93. The maximum atomic E-state index is 14.3. The molecule has 0 amide bonds. The zero-order valence-corrected chi connectivity index (χ0v) is 15.7. The SMILES string of the molecule is CS(=O)(=O)c1c(F)cc(-c2cc(C(F)F)nn2-c2cccc(C(F)(F)F)c2)cc1F. The molecule has 2 aromatic carbocycles. The van der Waals surface area contributed by atoms with Crippen LogP contribution < -0.4 is 0 Å². The monoisotopic (exact) mass is 452 g/mol. The first-order chi connectivity index (χ1) is 13.8. The van der Waals surface area contributed by atoms with E-state index in [4.69, 9.17) is 0 Å². The van der Waals surface area contributed by atoms with E-state index in [1.807, 2.05) is 0 Å². The highest BCUT2D eigenvalue weighted by atomic mass is 32.2. The lowest BCUT2D eigenvalue weighted by atomic mass is 10.1. The Kier molecular flexibility index (Phi) is 5.39. The fraction of sp³-hybridized carbons (Fsp3) is 0.167. The molecular formula is C18H11F7N2O2S. The molecule has 0 saturated heterocycles. The summed E-state index contributed by atoms with van der Waals surface area (Å²) in [7, 11) is -4.27. The molecule has 0 atom stereocenters. The Hall–Kier alpha value is -2.89. The number of hydrogen-bond acceptors (Lipinski definition) is 3. The van der Waals surface area contributed by atoms with Gasteiger partial charge in [-0.25, -0.2) is 30.7 Å². The Morgan fingerprint density at radius 3 is 2.10 bits per heavy atom. The molecule has 30 heavy (non-hydrogen) atoms. The van der Waals surface area contributed by atoms with Crippen molar-refractivity contribution in [1.29, 1.82) is 0 Å². The van der Waals surface area contributed by atoms with E-state index in [1.165, 1.54) is 0 Å². The lowest BCUT2D eigenvalue weighted by Gasteiger charge is -2.12. The van der Waals surface area contributed by atoms with Crippen molar-refractivity contribution in [2.45, 2.75) is 17.5 Å². The summed E-state index contributed by atoms with van der Waals surface area (Å²) in [6, 6.07) is 5.44. The predicted molar refractivity (Wildman–Crippen MR) is 92.0 cm³/mol. The minimum Gasteiger partial charge on any atom is -0.233 e. The molecule has 3 rings (SSSR count). The Bertz CT molecular complexity index is 1190. The summed E-state index contributed by atoms with van der Waals surface area (Å²) in [5.74, 6) is -2.97. The molecule has 0 bridgehead atoms. The molecule has 4 nitrogen and oxygen atoms in total. The summed E-state index contributed by atoms with van der Waals surface area (Å²) in [6.45, 7) is 0. The van der Waals surface area contributed by atoms with Crippen molar-refractivity contribution >= 4 is 9.84 Å². The summed E-state index contributed by atoms with van der Waals surface area (Å²) in [4.78, 5) is -1.22. The first kappa shape index (κ1) is 21.8. The number of nitrogens with zero attached hydrogens (tertiary/aromatic N) is 2. The molecule has 0 fully saturated rings. The van der Waals surface area contributed by atoms with Gasteiger partial charge in [-0.2, -0.15) is 18.3 Å². The number of halogens is 7. The van der Waals surface area contributed by atoms with Crippen molar-refractivity contribution < 1.29 is 39.2 Å². The Balaban J connectivity index is 2.25. The average Bonchev–Trinajstić information content (AvgIpc) is 3.05. The second kappa shape index (κ2) is 7.42. The zero-order valence-electron chi connectivity index (χ0n) is 14.9. The molecule has 3 aromatic rings. The predicted octanol–water partition coefficient (Wildman–Crippen LogP) is 5.18. The van der Waals surface area contributed by atoms with Gasteiger partial charge in [-0.3, -0.25) is 0 Å².